The molecule has 1 unspecified atom stereocenters. The molecule has 0 heterocycles. The van der Waals surface area contributed by atoms with Crippen LogP contribution in [-0.4, -0.2) is 7.11 Å². The van der Waals surface area contributed by atoms with Gasteiger partial charge in [0.25, 0.3) is 0 Å². The Hall–Kier alpha value is -0.550. The number of hydrogen-bond donors (Lipinski definition) is 0. The van der Waals surface area contributed by atoms with Crippen LogP contribution in [0.4, 0.5) is 0 Å². The third kappa shape index (κ3) is 1.61. The summed E-state index contributed by atoms with van der Waals surface area (Å²) in [5.74, 6) is 1.03. The van der Waals surface area contributed by atoms with Gasteiger partial charge in [-0.2, -0.15) is 0 Å². The van der Waals surface area contributed by atoms with Gasteiger partial charge in [0.2, 0.25) is 0 Å². The van der Waals surface area contributed by atoms with Crippen molar-refractivity contribution in [2.45, 2.75) is 20.0 Å². The average Bonchev–Trinajstić information content (AvgIpc) is 2.09. The van der Waals surface area contributed by atoms with Crippen molar-refractivity contribution in [3.8, 4) is 5.75 Å². The van der Waals surface area contributed by atoms with Crippen molar-refractivity contribution in [3.63, 3.8) is 0 Å². The minimum absolute atomic E-state index is 0.949. The summed E-state index contributed by atoms with van der Waals surface area (Å²) in [4.78, 5) is 0. The number of methoxy groups -OCH3 is 1. The highest BCUT2D eigenvalue weighted by Crippen LogP contribution is 2.27. The van der Waals surface area contributed by atoms with E-state index in [2.05, 4.69) is 35.2 Å². The molecular formula is C10H15OP. The molecule has 0 aliphatic carbocycles. The first-order valence-corrected chi connectivity index (χ1v) is 4.85. The molecule has 1 nitrogen and oxygen atoms in total. The maximum Gasteiger partial charge on any atom is 0.125 e. The second-order valence-electron chi connectivity index (χ2n) is 2.90. The van der Waals surface area contributed by atoms with Crippen LogP contribution in [0, 0.1) is 13.8 Å². The minimum atomic E-state index is 0.949. The maximum absolute atomic E-state index is 5.33. The normalized spacial score (nSPS) is 10.0. The van der Waals surface area contributed by atoms with Gasteiger partial charge in [0.15, 0.2) is 0 Å². The Morgan fingerprint density at radius 3 is 2.50 bits per heavy atom. The first-order valence-electron chi connectivity index (χ1n) is 4.03. The molecule has 0 spiro atoms. The Bertz CT molecular complexity index is 281. The lowest BCUT2D eigenvalue weighted by Crippen LogP contribution is -1.94. The predicted molar refractivity (Wildman–Crippen MR) is 55.9 cm³/mol. The van der Waals surface area contributed by atoms with Crippen LogP contribution in [0.25, 0.3) is 0 Å². The van der Waals surface area contributed by atoms with Crippen molar-refractivity contribution >= 4 is 9.24 Å². The highest BCUT2D eigenvalue weighted by molar-refractivity contribution is 7.15. The van der Waals surface area contributed by atoms with Gasteiger partial charge in [-0.15, -0.1) is 9.24 Å². The Morgan fingerprint density at radius 2 is 2.00 bits per heavy atom. The molecule has 0 fully saturated rings. The van der Waals surface area contributed by atoms with E-state index in [9.17, 15) is 0 Å². The Kier molecular flexibility index (Phi) is 3.11. The van der Waals surface area contributed by atoms with Gasteiger partial charge in [-0.1, -0.05) is 12.1 Å². The summed E-state index contributed by atoms with van der Waals surface area (Å²) in [6, 6.07) is 4.26. The quantitative estimate of drug-likeness (QED) is 0.639. The van der Waals surface area contributed by atoms with E-state index >= 15 is 0 Å². The van der Waals surface area contributed by atoms with E-state index in [1.807, 2.05) is 0 Å². The van der Waals surface area contributed by atoms with E-state index in [0.717, 1.165) is 11.9 Å². The van der Waals surface area contributed by atoms with Crippen molar-refractivity contribution < 1.29 is 4.74 Å². The third-order valence-corrected chi connectivity index (χ3v) is 2.62. The fourth-order valence-corrected chi connectivity index (χ4v) is 1.61. The smallest absolute Gasteiger partial charge is 0.125 e. The molecule has 0 saturated carbocycles. The molecule has 12 heavy (non-hydrogen) atoms. The van der Waals surface area contributed by atoms with E-state index in [1.54, 1.807) is 7.11 Å². The molecule has 0 aliphatic heterocycles. The van der Waals surface area contributed by atoms with Crippen molar-refractivity contribution in [1.82, 2.24) is 0 Å². The van der Waals surface area contributed by atoms with E-state index in [0.29, 0.717) is 0 Å². The summed E-state index contributed by atoms with van der Waals surface area (Å²) in [6.45, 7) is 4.20. The monoisotopic (exact) mass is 182 g/mol. The fraction of sp³-hybridized carbons (Fsp3) is 0.400. The highest BCUT2D eigenvalue weighted by Gasteiger charge is 2.05. The van der Waals surface area contributed by atoms with Gasteiger partial charge in [0.05, 0.1) is 7.11 Å². The molecule has 1 aromatic rings. The standard InChI is InChI=1S/C10H15OP/c1-7-4-5-9(6-12)10(11-3)8(7)2/h4-5H,6,12H2,1-3H3. The Morgan fingerprint density at radius 1 is 1.33 bits per heavy atom. The topological polar surface area (TPSA) is 9.23 Å². The highest BCUT2D eigenvalue weighted by atomic mass is 31.0. The fourth-order valence-electron chi connectivity index (χ4n) is 1.29. The zero-order chi connectivity index (χ0) is 9.14. The number of hydrogen-bond acceptors (Lipinski definition) is 1. The average molecular weight is 182 g/mol. The van der Waals surface area contributed by atoms with Gasteiger partial charge >= 0.3 is 0 Å². The summed E-state index contributed by atoms with van der Waals surface area (Å²) in [7, 11) is 4.44. The first kappa shape index (κ1) is 9.54. The first-order chi connectivity index (χ1) is 5.70. The number of benzene rings is 1. The van der Waals surface area contributed by atoms with Crippen LogP contribution in [0.1, 0.15) is 16.7 Å². The van der Waals surface area contributed by atoms with Crippen molar-refractivity contribution in [1.29, 1.82) is 0 Å². The lowest BCUT2D eigenvalue weighted by molar-refractivity contribution is 0.408. The SMILES string of the molecule is COc1c(CP)ccc(C)c1C. The largest absolute Gasteiger partial charge is 0.496 e. The van der Waals surface area contributed by atoms with Crippen LogP contribution >= 0.6 is 9.24 Å². The van der Waals surface area contributed by atoms with Crippen molar-refractivity contribution in [2.24, 2.45) is 0 Å². The molecular weight excluding hydrogens is 167 g/mol. The van der Waals surface area contributed by atoms with Crippen molar-refractivity contribution in [3.05, 3.63) is 28.8 Å². The van der Waals surface area contributed by atoms with Gasteiger partial charge in [0, 0.05) is 0 Å². The van der Waals surface area contributed by atoms with Gasteiger partial charge in [-0.05, 0) is 36.7 Å². The second-order valence-corrected chi connectivity index (χ2v) is 3.31. The molecule has 0 N–H and O–H groups in total. The van der Waals surface area contributed by atoms with Gasteiger partial charge in [-0.3, -0.25) is 0 Å². The molecule has 0 radical (unpaired) electrons. The van der Waals surface area contributed by atoms with Gasteiger partial charge in [-0.25, -0.2) is 0 Å². The molecule has 1 rings (SSSR count). The van der Waals surface area contributed by atoms with Crippen LogP contribution < -0.4 is 4.74 Å². The second kappa shape index (κ2) is 3.91. The summed E-state index contributed by atoms with van der Waals surface area (Å²) >= 11 is 0. The lowest BCUT2D eigenvalue weighted by atomic mass is 10.1. The number of ether oxygens (including phenoxy) is 1. The molecule has 0 amide bonds. The van der Waals surface area contributed by atoms with Crippen LogP contribution in [0.15, 0.2) is 12.1 Å². The zero-order valence-corrected chi connectivity index (χ0v) is 9.00. The van der Waals surface area contributed by atoms with Crippen LogP contribution in [0.3, 0.4) is 0 Å². The third-order valence-electron chi connectivity index (χ3n) is 2.18. The maximum atomic E-state index is 5.33. The molecule has 0 bridgehead atoms. The molecule has 66 valence electrons. The zero-order valence-electron chi connectivity index (χ0n) is 7.85. The summed E-state index contributed by atoms with van der Waals surface area (Å²) < 4.78 is 5.33. The molecule has 1 aromatic carbocycles. The van der Waals surface area contributed by atoms with Crippen molar-refractivity contribution in [2.75, 3.05) is 7.11 Å². The van der Waals surface area contributed by atoms with Gasteiger partial charge < -0.3 is 4.74 Å². The number of aryl methyl sites for hydroxylation is 1. The molecule has 1 atom stereocenters. The summed E-state index contributed by atoms with van der Waals surface area (Å²) in [6.07, 6.45) is 0.949. The van der Waals surface area contributed by atoms with Crippen LogP contribution in [0.2, 0.25) is 0 Å². The Balaban J connectivity index is 3.25. The van der Waals surface area contributed by atoms with E-state index in [-0.39, 0.29) is 0 Å². The predicted octanol–water partition coefficient (Wildman–Crippen LogP) is 2.69. The van der Waals surface area contributed by atoms with Gasteiger partial charge in [0.1, 0.15) is 5.75 Å². The van der Waals surface area contributed by atoms with E-state index in [4.69, 9.17) is 4.74 Å². The minimum Gasteiger partial charge on any atom is -0.496 e. The van der Waals surface area contributed by atoms with Crippen LogP contribution in [0.5, 0.6) is 5.75 Å². The molecule has 0 aliphatic rings. The molecule has 0 aromatic heterocycles. The van der Waals surface area contributed by atoms with E-state index < -0.39 is 0 Å². The molecule has 0 saturated heterocycles. The van der Waals surface area contributed by atoms with E-state index in [1.165, 1.54) is 16.7 Å². The Labute approximate surface area is 76.3 Å². The number of rotatable bonds is 2. The summed E-state index contributed by atoms with van der Waals surface area (Å²) in [5, 5.41) is 0. The molecule has 2 heteroatoms. The summed E-state index contributed by atoms with van der Waals surface area (Å²) in [5.41, 5.74) is 3.79. The van der Waals surface area contributed by atoms with Crippen LogP contribution in [-0.2, 0) is 6.16 Å². The lowest BCUT2D eigenvalue weighted by Gasteiger charge is -2.11.